The van der Waals surface area contributed by atoms with Gasteiger partial charge in [0, 0.05) is 24.4 Å². The van der Waals surface area contributed by atoms with Crippen molar-refractivity contribution in [2.24, 2.45) is 0 Å². The Hall–Kier alpha value is -0.170. The smallest absolute Gasteiger partial charge is 0.141 e. The van der Waals surface area contributed by atoms with Gasteiger partial charge in [-0.15, -0.1) is 0 Å². The topological polar surface area (TPSA) is 27.7 Å². The second-order valence-electron chi connectivity index (χ2n) is 4.31. The van der Waals surface area contributed by atoms with E-state index >= 15 is 0 Å². The SMILES string of the molecule is COCCOC1C(Br)CC1Oc1ccc(Br)c(F)c1. The molecule has 3 nitrogen and oxygen atoms in total. The number of rotatable bonds is 6. The van der Waals surface area contributed by atoms with Crippen LogP contribution in [0.15, 0.2) is 22.7 Å². The Morgan fingerprint density at radius 3 is 2.79 bits per heavy atom. The van der Waals surface area contributed by atoms with Gasteiger partial charge in [-0.1, -0.05) is 15.9 Å². The van der Waals surface area contributed by atoms with Crippen molar-refractivity contribution >= 4 is 31.9 Å². The van der Waals surface area contributed by atoms with E-state index in [-0.39, 0.29) is 22.9 Å². The van der Waals surface area contributed by atoms with Crippen LogP contribution in [-0.4, -0.2) is 37.4 Å². The zero-order chi connectivity index (χ0) is 13.8. The number of alkyl halides is 1. The predicted molar refractivity (Wildman–Crippen MR) is 77.5 cm³/mol. The minimum Gasteiger partial charge on any atom is -0.488 e. The van der Waals surface area contributed by atoms with Crippen LogP contribution in [0.25, 0.3) is 0 Å². The summed E-state index contributed by atoms with van der Waals surface area (Å²) >= 11 is 6.64. The maximum Gasteiger partial charge on any atom is 0.141 e. The van der Waals surface area contributed by atoms with E-state index in [1.54, 1.807) is 19.2 Å². The zero-order valence-corrected chi connectivity index (χ0v) is 13.6. The lowest BCUT2D eigenvalue weighted by atomic mass is 9.91. The van der Waals surface area contributed by atoms with Crippen molar-refractivity contribution in [2.45, 2.75) is 23.5 Å². The van der Waals surface area contributed by atoms with Crippen molar-refractivity contribution in [2.75, 3.05) is 20.3 Å². The molecule has 0 saturated heterocycles. The van der Waals surface area contributed by atoms with E-state index in [0.29, 0.717) is 23.4 Å². The van der Waals surface area contributed by atoms with Gasteiger partial charge < -0.3 is 14.2 Å². The summed E-state index contributed by atoms with van der Waals surface area (Å²) in [4.78, 5) is 0.273. The molecule has 0 aromatic heterocycles. The highest BCUT2D eigenvalue weighted by molar-refractivity contribution is 9.10. The van der Waals surface area contributed by atoms with Gasteiger partial charge in [0.1, 0.15) is 23.8 Å². The molecule has 6 heteroatoms. The summed E-state index contributed by atoms with van der Waals surface area (Å²) in [5.74, 6) is 0.189. The summed E-state index contributed by atoms with van der Waals surface area (Å²) in [7, 11) is 1.63. The Morgan fingerprint density at radius 1 is 1.37 bits per heavy atom. The van der Waals surface area contributed by atoms with E-state index in [4.69, 9.17) is 14.2 Å². The Balaban J connectivity index is 1.89. The van der Waals surface area contributed by atoms with E-state index in [0.717, 1.165) is 6.42 Å². The minimum atomic E-state index is -0.330. The third-order valence-corrected chi connectivity index (χ3v) is 4.49. The molecular weight excluding hydrogens is 383 g/mol. The molecule has 0 aliphatic heterocycles. The van der Waals surface area contributed by atoms with Gasteiger partial charge in [0.15, 0.2) is 0 Å². The molecule has 0 N–H and O–H groups in total. The van der Waals surface area contributed by atoms with Crippen LogP contribution in [0.2, 0.25) is 0 Å². The van der Waals surface area contributed by atoms with E-state index < -0.39 is 0 Å². The number of benzene rings is 1. The van der Waals surface area contributed by atoms with Crippen LogP contribution in [0.1, 0.15) is 6.42 Å². The fraction of sp³-hybridized carbons (Fsp3) is 0.538. The standard InChI is InChI=1S/C13H15Br2FO3/c1-17-4-5-18-13-10(15)7-12(13)19-8-2-3-9(14)11(16)6-8/h2-3,6,10,12-13H,4-5,7H2,1H3. The first kappa shape index (κ1) is 15.2. The normalized spacial score (nSPS) is 26.0. The first-order valence-corrected chi connectivity index (χ1v) is 7.69. The molecule has 3 atom stereocenters. The summed E-state index contributed by atoms with van der Waals surface area (Å²) in [5, 5.41) is 0. The molecule has 0 amide bonds. The predicted octanol–water partition coefficient (Wildman–Crippen LogP) is 3.53. The van der Waals surface area contributed by atoms with Gasteiger partial charge in [-0.2, -0.15) is 0 Å². The van der Waals surface area contributed by atoms with Crippen LogP contribution in [0, 0.1) is 5.82 Å². The number of methoxy groups -OCH3 is 1. The second-order valence-corrected chi connectivity index (χ2v) is 6.34. The molecule has 1 aliphatic rings. The molecule has 0 spiro atoms. The van der Waals surface area contributed by atoms with Gasteiger partial charge in [-0.3, -0.25) is 0 Å². The maximum atomic E-state index is 13.4. The molecule has 1 aromatic carbocycles. The Kier molecular flexibility index (Phi) is 5.62. The van der Waals surface area contributed by atoms with Crippen LogP contribution in [-0.2, 0) is 9.47 Å². The van der Waals surface area contributed by atoms with Gasteiger partial charge in [0.25, 0.3) is 0 Å². The average Bonchev–Trinajstić information content (AvgIpc) is 2.38. The molecule has 19 heavy (non-hydrogen) atoms. The lowest BCUT2D eigenvalue weighted by Gasteiger charge is -2.40. The molecule has 3 unspecified atom stereocenters. The van der Waals surface area contributed by atoms with Crippen LogP contribution in [0.3, 0.4) is 0 Å². The number of ether oxygens (including phenoxy) is 3. The van der Waals surface area contributed by atoms with Gasteiger partial charge in [0.2, 0.25) is 0 Å². The maximum absolute atomic E-state index is 13.4. The molecule has 1 saturated carbocycles. The molecule has 2 rings (SSSR count). The molecule has 1 aliphatic carbocycles. The van der Waals surface area contributed by atoms with Gasteiger partial charge in [0.05, 0.1) is 17.7 Å². The van der Waals surface area contributed by atoms with E-state index in [2.05, 4.69) is 31.9 Å². The highest BCUT2D eigenvalue weighted by Gasteiger charge is 2.42. The summed E-state index contributed by atoms with van der Waals surface area (Å²) in [6, 6.07) is 4.74. The molecule has 1 aromatic rings. The van der Waals surface area contributed by atoms with Crippen molar-refractivity contribution in [3.05, 3.63) is 28.5 Å². The van der Waals surface area contributed by atoms with Crippen molar-refractivity contribution < 1.29 is 18.6 Å². The van der Waals surface area contributed by atoms with E-state index in [9.17, 15) is 4.39 Å². The van der Waals surface area contributed by atoms with Gasteiger partial charge in [-0.25, -0.2) is 4.39 Å². The molecule has 1 fully saturated rings. The summed E-state index contributed by atoms with van der Waals surface area (Å²) in [5.41, 5.74) is 0. The molecule has 0 heterocycles. The van der Waals surface area contributed by atoms with E-state index in [1.165, 1.54) is 6.07 Å². The molecule has 0 bridgehead atoms. The Labute approximate surface area is 128 Å². The highest BCUT2D eigenvalue weighted by atomic mass is 79.9. The summed E-state index contributed by atoms with van der Waals surface area (Å²) in [6.07, 6.45) is 0.763. The molecule has 0 radical (unpaired) electrons. The monoisotopic (exact) mass is 396 g/mol. The van der Waals surface area contributed by atoms with Crippen LogP contribution < -0.4 is 4.74 Å². The van der Waals surface area contributed by atoms with Crippen molar-refractivity contribution in [1.82, 2.24) is 0 Å². The van der Waals surface area contributed by atoms with Crippen LogP contribution >= 0.6 is 31.9 Å². The Bertz CT molecular complexity index is 430. The van der Waals surface area contributed by atoms with Crippen LogP contribution in [0.4, 0.5) is 4.39 Å². The first-order valence-electron chi connectivity index (χ1n) is 5.98. The fourth-order valence-electron chi connectivity index (χ4n) is 1.85. The van der Waals surface area contributed by atoms with Crippen molar-refractivity contribution in [1.29, 1.82) is 0 Å². The summed E-state index contributed by atoms with van der Waals surface area (Å²) < 4.78 is 30.2. The van der Waals surface area contributed by atoms with Crippen molar-refractivity contribution in [3.8, 4) is 5.75 Å². The number of halogens is 3. The quantitative estimate of drug-likeness (QED) is 0.542. The van der Waals surface area contributed by atoms with E-state index in [1.807, 2.05) is 0 Å². The largest absolute Gasteiger partial charge is 0.488 e. The lowest BCUT2D eigenvalue weighted by Crippen LogP contribution is -2.52. The molecule has 106 valence electrons. The summed E-state index contributed by atoms with van der Waals surface area (Å²) in [6.45, 7) is 1.08. The van der Waals surface area contributed by atoms with Crippen molar-refractivity contribution in [3.63, 3.8) is 0 Å². The lowest BCUT2D eigenvalue weighted by molar-refractivity contribution is -0.0866. The number of hydrogen-bond donors (Lipinski definition) is 0. The highest BCUT2D eigenvalue weighted by Crippen LogP contribution is 2.34. The third kappa shape index (κ3) is 3.90. The Morgan fingerprint density at radius 2 is 2.16 bits per heavy atom. The number of hydrogen-bond acceptors (Lipinski definition) is 3. The van der Waals surface area contributed by atoms with Gasteiger partial charge >= 0.3 is 0 Å². The third-order valence-electron chi connectivity index (χ3n) is 2.96. The second kappa shape index (κ2) is 7.02. The minimum absolute atomic E-state index is 0.0261. The zero-order valence-electron chi connectivity index (χ0n) is 10.4. The fourth-order valence-corrected chi connectivity index (χ4v) is 2.95. The van der Waals surface area contributed by atoms with Gasteiger partial charge in [-0.05, 0) is 28.1 Å². The first-order chi connectivity index (χ1) is 9.11. The molecular formula is C13H15Br2FO3. The van der Waals surface area contributed by atoms with Crippen LogP contribution in [0.5, 0.6) is 5.75 Å². The average molecular weight is 398 g/mol.